The number of ether oxygens (including phenoxy) is 1. The van der Waals surface area contributed by atoms with Crippen LogP contribution in [0.4, 0.5) is 5.69 Å². The Bertz CT molecular complexity index is 1130. The zero-order valence-corrected chi connectivity index (χ0v) is 17.1. The number of hydrogen-bond acceptors (Lipinski definition) is 6. The number of hydrazone groups is 1. The fourth-order valence-corrected chi connectivity index (χ4v) is 2.99. The number of aryl methyl sites for hydroxylation is 1. The Morgan fingerprint density at radius 3 is 2.77 bits per heavy atom. The van der Waals surface area contributed by atoms with Crippen LogP contribution in [0.3, 0.4) is 0 Å². The second kappa shape index (κ2) is 9.43. The molecule has 2 aromatic carbocycles. The van der Waals surface area contributed by atoms with Crippen molar-refractivity contribution in [3.63, 3.8) is 0 Å². The van der Waals surface area contributed by atoms with E-state index in [1.165, 1.54) is 18.3 Å². The third-order valence-corrected chi connectivity index (χ3v) is 4.42. The van der Waals surface area contributed by atoms with E-state index in [-0.39, 0.29) is 11.4 Å². The lowest BCUT2D eigenvalue weighted by atomic mass is 10.2. The largest absolute Gasteiger partial charge is 0.477 e. The van der Waals surface area contributed by atoms with Crippen molar-refractivity contribution >= 4 is 41.0 Å². The van der Waals surface area contributed by atoms with Crippen LogP contribution in [0.15, 0.2) is 58.0 Å². The number of nitro benzene ring substituents is 1. The lowest BCUT2D eigenvalue weighted by Crippen LogP contribution is -2.24. The van der Waals surface area contributed by atoms with Crippen LogP contribution in [0.25, 0.3) is 11.3 Å². The molecule has 0 unspecified atom stereocenters. The molecule has 3 aromatic rings. The van der Waals surface area contributed by atoms with E-state index in [0.29, 0.717) is 32.7 Å². The van der Waals surface area contributed by atoms with Crippen molar-refractivity contribution in [2.45, 2.75) is 6.92 Å². The predicted octanol–water partition coefficient (Wildman–Crippen LogP) is 5.00. The Hall–Kier alpha value is -3.36. The summed E-state index contributed by atoms with van der Waals surface area (Å²) in [7, 11) is 0. The normalized spacial score (nSPS) is 10.9. The van der Waals surface area contributed by atoms with Gasteiger partial charge in [0.2, 0.25) is 0 Å². The van der Waals surface area contributed by atoms with Gasteiger partial charge < -0.3 is 9.15 Å². The van der Waals surface area contributed by atoms with Crippen LogP contribution in [0.1, 0.15) is 11.3 Å². The molecule has 0 aliphatic rings. The van der Waals surface area contributed by atoms with E-state index in [1.807, 2.05) is 0 Å². The van der Waals surface area contributed by atoms with Crippen molar-refractivity contribution in [1.82, 2.24) is 5.43 Å². The van der Waals surface area contributed by atoms with Crippen molar-refractivity contribution in [2.24, 2.45) is 5.10 Å². The van der Waals surface area contributed by atoms with Gasteiger partial charge in [0.15, 0.2) is 12.4 Å². The molecule has 3 rings (SSSR count). The Labute approximate surface area is 181 Å². The van der Waals surface area contributed by atoms with Gasteiger partial charge in [0.25, 0.3) is 5.91 Å². The number of furan rings is 1. The molecule has 154 valence electrons. The van der Waals surface area contributed by atoms with E-state index >= 15 is 0 Å². The van der Waals surface area contributed by atoms with Crippen LogP contribution in [0.2, 0.25) is 10.0 Å². The topological polar surface area (TPSA) is 107 Å². The number of nitro groups is 1. The minimum absolute atomic E-state index is 0.000231. The molecule has 0 aliphatic heterocycles. The number of halogens is 2. The van der Waals surface area contributed by atoms with Gasteiger partial charge in [-0.1, -0.05) is 29.3 Å². The van der Waals surface area contributed by atoms with Crippen LogP contribution < -0.4 is 10.2 Å². The Morgan fingerprint density at radius 2 is 2.03 bits per heavy atom. The summed E-state index contributed by atoms with van der Waals surface area (Å²) >= 11 is 12.0. The highest BCUT2D eigenvalue weighted by atomic mass is 35.5. The molecule has 1 heterocycles. The number of hydrogen-bond donors (Lipinski definition) is 1. The summed E-state index contributed by atoms with van der Waals surface area (Å²) in [5.41, 5.74) is 3.42. The number of amides is 1. The molecule has 1 N–H and O–H groups in total. The van der Waals surface area contributed by atoms with Crippen LogP contribution in [0.5, 0.6) is 5.75 Å². The molecule has 0 saturated heterocycles. The van der Waals surface area contributed by atoms with E-state index in [9.17, 15) is 14.9 Å². The van der Waals surface area contributed by atoms with Crippen molar-refractivity contribution in [3.8, 4) is 17.1 Å². The fraction of sp³-hybridized carbons (Fsp3) is 0.100. The molecular formula is C20H15Cl2N3O5. The lowest BCUT2D eigenvalue weighted by Gasteiger charge is -2.06. The Balaban J connectivity index is 1.57. The Kier molecular flexibility index (Phi) is 6.71. The molecule has 0 atom stereocenters. The number of nitrogens with zero attached hydrogens (tertiary/aromatic N) is 2. The summed E-state index contributed by atoms with van der Waals surface area (Å²) in [6, 6.07) is 12.8. The minimum atomic E-state index is -0.589. The Morgan fingerprint density at radius 1 is 1.23 bits per heavy atom. The third kappa shape index (κ3) is 5.37. The van der Waals surface area contributed by atoms with Gasteiger partial charge in [0.05, 0.1) is 16.2 Å². The number of rotatable bonds is 7. The minimum Gasteiger partial charge on any atom is -0.477 e. The predicted molar refractivity (Wildman–Crippen MR) is 113 cm³/mol. The van der Waals surface area contributed by atoms with Crippen LogP contribution in [-0.4, -0.2) is 23.7 Å². The maximum absolute atomic E-state index is 11.9. The van der Waals surface area contributed by atoms with Gasteiger partial charge in [-0.25, -0.2) is 5.43 Å². The van der Waals surface area contributed by atoms with E-state index in [1.54, 1.807) is 43.3 Å². The first-order valence-corrected chi connectivity index (χ1v) is 9.34. The third-order valence-electron chi connectivity index (χ3n) is 3.87. The maximum Gasteiger partial charge on any atom is 0.311 e. The number of carbonyl (C=O) groups is 1. The van der Waals surface area contributed by atoms with Crippen molar-refractivity contribution in [3.05, 3.63) is 80.0 Å². The molecule has 0 bridgehead atoms. The van der Waals surface area contributed by atoms with Gasteiger partial charge in [-0.15, -0.1) is 0 Å². The van der Waals surface area contributed by atoms with E-state index in [2.05, 4.69) is 10.5 Å². The number of benzene rings is 2. The summed E-state index contributed by atoms with van der Waals surface area (Å²) in [6.45, 7) is 1.28. The van der Waals surface area contributed by atoms with Gasteiger partial charge in [0.1, 0.15) is 11.5 Å². The van der Waals surface area contributed by atoms with E-state index in [4.69, 9.17) is 32.4 Å². The first kappa shape index (κ1) is 21.4. The summed E-state index contributed by atoms with van der Waals surface area (Å²) in [6.07, 6.45) is 1.31. The molecule has 0 aliphatic carbocycles. The molecule has 0 radical (unpaired) electrons. The van der Waals surface area contributed by atoms with Gasteiger partial charge in [-0.05, 0) is 48.9 Å². The lowest BCUT2D eigenvalue weighted by molar-refractivity contribution is -0.385. The van der Waals surface area contributed by atoms with E-state index < -0.39 is 17.4 Å². The van der Waals surface area contributed by atoms with Gasteiger partial charge in [0, 0.05) is 16.7 Å². The van der Waals surface area contributed by atoms with Gasteiger partial charge in [-0.3, -0.25) is 14.9 Å². The standard InChI is InChI=1S/C20H15Cl2N3O5/c1-12-2-6-19(17(8-12)25(27)28)29-11-20(26)24-23-10-14-4-7-18(30-14)15-5-3-13(21)9-16(15)22/h2-10H,11H2,1H3,(H,24,26)/b23-10-. The summed E-state index contributed by atoms with van der Waals surface area (Å²) in [5.74, 6) is 0.305. The smallest absolute Gasteiger partial charge is 0.311 e. The molecule has 10 heteroatoms. The highest BCUT2D eigenvalue weighted by molar-refractivity contribution is 6.36. The molecule has 1 aromatic heterocycles. The fourth-order valence-electron chi connectivity index (χ4n) is 2.49. The second-order valence-electron chi connectivity index (χ2n) is 6.14. The van der Waals surface area contributed by atoms with E-state index in [0.717, 1.165) is 0 Å². The highest BCUT2D eigenvalue weighted by Crippen LogP contribution is 2.31. The second-order valence-corrected chi connectivity index (χ2v) is 6.98. The highest BCUT2D eigenvalue weighted by Gasteiger charge is 2.16. The van der Waals surface area contributed by atoms with Crippen molar-refractivity contribution in [1.29, 1.82) is 0 Å². The molecule has 0 spiro atoms. The van der Waals surface area contributed by atoms with Gasteiger partial charge in [-0.2, -0.15) is 5.10 Å². The maximum atomic E-state index is 11.9. The zero-order chi connectivity index (χ0) is 21.7. The number of carbonyl (C=O) groups excluding carboxylic acids is 1. The molecule has 8 nitrogen and oxygen atoms in total. The quantitative estimate of drug-likeness (QED) is 0.311. The first-order valence-electron chi connectivity index (χ1n) is 8.58. The van der Waals surface area contributed by atoms with Gasteiger partial charge >= 0.3 is 5.69 Å². The summed E-state index contributed by atoms with van der Waals surface area (Å²) in [5, 5.41) is 15.8. The van der Waals surface area contributed by atoms with Crippen LogP contribution in [-0.2, 0) is 4.79 Å². The average Bonchev–Trinajstić information content (AvgIpc) is 3.15. The molecule has 0 saturated carbocycles. The number of nitrogens with one attached hydrogen (secondary N) is 1. The van der Waals surface area contributed by atoms with Crippen LogP contribution in [0, 0.1) is 17.0 Å². The monoisotopic (exact) mass is 447 g/mol. The summed E-state index contributed by atoms with van der Waals surface area (Å²) in [4.78, 5) is 22.4. The molecule has 1 amide bonds. The molecule has 30 heavy (non-hydrogen) atoms. The molecular weight excluding hydrogens is 433 g/mol. The van der Waals surface area contributed by atoms with Crippen LogP contribution >= 0.6 is 23.2 Å². The average molecular weight is 448 g/mol. The van der Waals surface area contributed by atoms with Crippen molar-refractivity contribution < 1.29 is 18.9 Å². The van der Waals surface area contributed by atoms with Crippen molar-refractivity contribution in [2.75, 3.05) is 6.61 Å². The SMILES string of the molecule is Cc1ccc(OCC(=O)N/N=C\c2ccc(-c3ccc(Cl)cc3Cl)o2)c([N+](=O)[O-])c1. The summed E-state index contributed by atoms with van der Waals surface area (Å²) < 4.78 is 10.8. The first-order chi connectivity index (χ1) is 14.3. The molecule has 0 fully saturated rings. The zero-order valence-electron chi connectivity index (χ0n) is 15.6.